The lowest BCUT2D eigenvalue weighted by Crippen LogP contribution is -2.29. The molecule has 0 aliphatic heterocycles. The second kappa shape index (κ2) is 7.66. The Kier molecular flexibility index (Phi) is 6.14. The summed E-state index contributed by atoms with van der Waals surface area (Å²) in [6.45, 7) is 2.88. The zero-order valence-electron chi connectivity index (χ0n) is 10.8. The van der Waals surface area contributed by atoms with Crippen molar-refractivity contribution in [3.8, 4) is 5.75 Å². The Balaban J connectivity index is 2.62. The van der Waals surface area contributed by atoms with Gasteiger partial charge in [0.15, 0.2) is 18.2 Å². The summed E-state index contributed by atoms with van der Waals surface area (Å²) >= 11 is 0. The number of carbonyl (C=O) groups excluding carboxylic acids is 1. The fourth-order valence-corrected chi connectivity index (χ4v) is 1.50. The Bertz CT molecular complexity index is 397. The minimum absolute atomic E-state index is 0.137. The topological polar surface area (TPSA) is 50.4 Å². The van der Waals surface area contributed by atoms with Crippen molar-refractivity contribution < 1.29 is 13.9 Å². The van der Waals surface area contributed by atoms with Crippen LogP contribution in [-0.2, 0) is 11.3 Å². The van der Waals surface area contributed by atoms with Crippen LogP contribution in [0, 0.1) is 5.82 Å². The molecule has 0 aliphatic carbocycles. The quantitative estimate of drug-likeness (QED) is 0.774. The molecule has 0 bridgehead atoms. The Morgan fingerprint density at radius 1 is 1.44 bits per heavy atom. The third-order valence-corrected chi connectivity index (χ3v) is 2.34. The smallest absolute Gasteiger partial charge is 0.257 e. The van der Waals surface area contributed by atoms with E-state index in [-0.39, 0.29) is 18.3 Å². The van der Waals surface area contributed by atoms with Gasteiger partial charge in [-0.05, 0) is 19.5 Å². The minimum Gasteiger partial charge on any atom is -0.480 e. The largest absolute Gasteiger partial charge is 0.480 e. The zero-order valence-corrected chi connectivity index (χ0v) is 10.8. The first kappa shape index (κ1) is 14.4. The number of hydrogen-bond acceptors (Lipinski definition) is 3. The van der Waals surface area contributed by atoms with E-state index >= 15 is 0 Å². The van der Waals surface area contributed by atoms with E-state index in [1.807, 2.05) is 6.92 Å². The molecule has 0 radical (unpaired) electrons. The van der Waals surface area contributed by atoms with Crippen LogP contribution in [0.3, 0.4) is 0 Å². The molecule has 0 aromatic heterocycles. The molecule has 1 aromatic carbocycles. The second-order valence-electron chi connectivity index (χ2n) is 3.90. The number of amides is 1. The van der Waals surface area contributed by atoms with Gasteiger partial charge in [0.2, 0.25) is 0 Å². The van der Waals surface area contributed by atoms with E-state index < -0.39 is 5.82 Å². The fourth-order valence-electron chi connectivity index (χ4n) is 1.50. The van der Waals surface area contributed by atoms with Crippen LogP contribution >= 0.6 is 0 Å². The molecule has 0 spiro atoms. The van der Waals surface area contributed by atoms with Crippen LogP contribution < -0.4 is 15.4 Å². The maximum atomic E-state index is 13.6. The molecule has 0 saturated carbocycles. The van der Waals surface area contributed by atoms with Crippen molar-refractivity contribution in [3.63, 3.8) is 0 Å². The van der Waals surface area contributed by atoms with Gasteiger partial charge in [-0.2, -0.15) is 0 Å². The SMILES string of the molecule is CCCNC(=O)COc1c(F)cccc1CNC. The first-order valence-electron chi connectivity index (χ1n) is 6.00. The summed E-state index contributed by atoms with van der Waals surface area (Å²) in [6, 6.07) is 4.70. The summed E-state index contributed by atoms with van der Waals surface area (Å²) in [5, 5.41) is 5.60. The summed E-state index contributed by atoms with van der Waals surface area (Å²) in [5.74, 6) is -0.556. The number of carbonyl (C=O) groups is 1. The third kappa shape index (κ3) is 4.33. The summed E-state index contributed by atoms with van der Waals surface area (Å²) in [6.07, 6.45) is 0.858. The Morgan fingerprint density at radius 3 is 2.89 bits per heavy atom. The van der Waals surface area contributed by atoms with E-state index in [4.69, 9.17) is 4.74 Å². The molecule has 1 rings (SSSR count). The van der Waals surface area contributed by atoms with Crippen molar-refractivity contribution in [2.75, 3.05) is 20.2 Å². The van der Waals surface area contributed by atoms with Gasteiger partial charge in [0, 0.05) is 18.7 Å². The molecule has 0 fully saturated rings. The predicted molar refractivity (Wildman–Crippen MR) is 68.0 cm³/mol. The maximum absolute atomic E-state index is 13.6. The molecule has 0 atom stereocenters. The Hall–Kier alpha value is -1.62. The molecule has 18 heavy (non-hydrogen) atoms. The highest BCUT2D eigenvalue weighted by Crippen LogP contribution is 2.22. The lowest BCUT2D eigenvalue weighted by atomic mass is 10.2. The highest BCUT2D eigenvalue weighted by molar-refractivity contribution is 5.77. The molecule has 4 nitrogen and oxygen atoms in total. The van der Waals surface area contributed by atoms with Crippen LogP contribution in [0.15, 0.2) is 18.2 Å². The first-order valence-corrected chi connectivity index (χ1v) is 6.00. The van der Waals surface area contributed by atoms with Crippen LogP contribution in [0.1, 0.15) is 18.9 Å². The summed E-state index contributed by atoms with van der Waals surface area (Å²) in [7, 11) is 1.77. The van der Waals surface area contributed by atoms with Crippen molar-refractivity contribution in [1.82, 2.24) is 10.6 Å². The van der Waals surface area contributed by atoms with Gasteiger partial charge in [-0.1, -0.05) is 19.1 Å². The van der Waals surface area contributed by atoms with Gasteiger partial charge in [0.05, 0.1) is 0 Å². The third-order valence-electron chi connectivity index (χ3n) is 2.34. The van der Waals surface area contributed by atoms with E-state index in [0.717, 1.165) is 6.42 Å². The standard InChI is InChI=1S/C13H19FN2O2/c1-3-7-16-12(17)9-18-13-10(8-15-2)5-4-6-11(13)14/h4-6,15H,3,7-9H2,1-2H3,(H,16,17). The van der Waals surface area contributed by atoms with Crippen LogP contribution in [0.25, 0.3) is 0 Å². The van der Waals surface area contributed by atoms with E-state index in [2.05, 4.69) is 10.6 Å². The first-order chi connectivity index (χ1) is 8.69. The number of halogens is 1. The van der Waals surface area contributed by atoms with E-state index in [1.54, 1.807) is 19.2 Å². The van der Waals surface area contributed by atoms with E-state index in [9.17, 15) is 9.18 Å². The summed E-state index contributed by atoms with van der Waals surface area (Å²) in [5.41, 5.74) is 0.695. The molecule has 5 heteroatoms. The maximum Gasteiger partial charge on any atom is 0.257 e. The average molecular weight is 254 g/mol. The van der Waals surface area contributed by atoms with E-state index in [0.29, 0.717) is 18.7 Å². The molecule has 0 heterocycles. The minimum atomic E-state index is -0.453. The molecule has 1 amide bonds. The summed E-state index contributed by atoms with van der Waals surface area (Å²) in [4.78, 5) is 11.4. The van der Waals surface area contributed by atoms with Crippen molar-refractivity contribution in [2.45, 2.75) is 19.9 Å². The molecule has 100 valence electrons. The lowest BCUT2D eigenvalue weighted by Gasteiger charge is -2.12. The number of rotatable bonds is 7. The number of nitrogens with one attached hydrogen (secondary N) is 2. The van der Waals surface area contributed by atoms with Crippen molar-refractivity contribution in [3.05, 3.63) is 29.6 Å². The molecule has 1 aromatic rings. The Labute approximate surface area is 107 Å². The van der Waals surface area contributed by atoms with Gasteiger partial charge in [0.1, 0.15) is 0 Å². The number of benzene rings is 1. The van der Waals surface area contributed by atoms with Crippen LogP contribution in [0.4, 0.5) is 4.39 Å². The van der Waals surface area contributed by atoms with Gasteiger partial charge in [0.25, 0.3) is 5.91 Å². The van der Waals surface area contributed by atoms with Gasteiger partial charge in [-0.3, -0.25) is 4.79 Å². The van der Waals surface area contributed by atoms with Crippen LogP contribution in [-0.4, -0.2) is 26.1 Å². The second-order valence-corrected chi connectivity index (χ2v) is 3.90. The molecule has 0 aliphatic rings. The van der Waals surface area contributed by atoms with Gasteiger partial charge >= 0.3 is 0 Å². The monoisotopic (exact) mass is 254 g/mol. The molecular weight excluding hydrogens is 235 g/mol. The number of para-hydroxylation sites is 1. The predicted octanol–water partition coefficient (Wildman–Crippen LogP) is 1.45. The Morgan fingerprint density at radius 2 is 2.22 bits per heavy atom. The summed E-state index contributed by atoms with van der Waals surface area (Å²) < 4.78 is 18.8. The average Bonchev–Trinajstić information content (AvgIpc) is 2.36. The molecular formula is C13H19FN2O2. The van der Waals surface area contributed by atoms with Gasteiger partial charge in [-0.15, -0.1) is 0 Å². The fraction of sp³-hybridized carbons (Fsp3) is 0.462. The molecule has 2 N–H and O–H groups in total. The number of ether oxygens (including phenoxy) is 1. The zero-order chi connectivity index (χ0) is 13.4. The normalized spacial score (nSPS) is 10.2. The van der Waals surface area contributed by atoms with Crippen molar-refractivity contribution >= 4 is 5.91 Å². The van der Waals surface area contributed by atoms with Crippen LogP contribution in [0.5, 0.6) is 5.75 Å². The van der Waals surface area contributed by atoms with Crippen LogP contribution in [0.2, 0.25) is 0 Å². The van der Waals surface area contributed by atoms with Crippen molar-refractivity contribution in [2.24, 2.45) is 0 Å². The van der Waals surface area contributed by atoms with Gasteiger partial charge in [-0.25, -0.2) is 4.39 Å². The van der Waals surface area contributed by atoms with Gasteiger partial charge < -0.3 is 15.4 Å². The molecule has 0 saturated heterocycles. The highest BCUT2D eigenvalue weighted by atomic mass is 19.1. The lowest BCUT2D eigenvalue weighted by molar-refractivity contribution is -0.123. The highest BCUT2D eigenvalue weighted by Gasteiger charge is 2.11. The van der Waals surface area contributed by atoms with Crippen molar-refractivity contribution in [1.29, 1.82) is 0 Å². The number of hydrogen-bond donors (Lipinski definition) is 2. The molecule has 0 unspecified atom stereocenters. The van der Waals surface area contributed by atoms with E-state index in [1.165, 1.54) is 6.07 Å².